The lowest BCUT2D eigenvalue weighted by molar-refractivity contribution is -0.143. The Morgan fingerprint density at radius 3 is 2.42 bits per heavy atom. The van der Waals surface area contributed by atoms with Gasteiger partial charge in [-0.15, -0.1) is 0 Å². The molecular weight excluding hydrogens is 154 g/mol. The van der Waals surface area contributed by atoms with Crippen molar-refractivity contribution in [2.75, 3.05) is 13.2 Å². The molecule has 0 aliphatic heterocycles. The van der Waals surface area contributed by atoms with Crippen molar-refractivity contribution >= 4 is 5.97 Å². The van der Waals surface area contributed by atoms with Gasteiger partial charge in [-0.25, -0.2) is 0 Å². The number of hydrogen-bond donors (Lipinski definition) is 1. The Labute approximate surface area is 74.5 Å². The molecule has 0 unspecified atom stereocenters. The van der Waals surface area contributed by atoms with Gasteiger partial charge >= 0.3 is 5.97 Å². The second-order valence-corrected chi connectivity index (χ2v) is 3.73. The van der Waals surface area contributed by atoms with Crippen molar-refractivity contribution in [2.24, 2.45) is 0 Å². The predicted molar refractivity (Wildman–Crippen MR) is 49.0 cm³/mol. The van der Waals surface area contributed by atoms with Crippen LogP contribution >= 0.6 is 0 Å². The molecule has 12 heavy (non-hydrogen) atoms. The smallest absolute Gasteiger partial charge is 0.307 e. The second-order valence-electron chi connectivity index (χ2n) is 3.73. The van der Waals surface area contributed by atoms with Gasteiger partial charge in [0.2, 0.25) is 0 Å². The van der Waals surface area contributed by atoms with Crippen LogP contribution in [0.25, 0.3) is 0 Å². The topological polar surface area (TPSA) is 38.3 Å². The van der Waals surface area contributed by atoms with E-state index in [4.69, 9.17) is 4.74 Å². The molecule has 0 aromatic rings. The van der Waals surface area contributed by atoms with Gasteiger partial charge in [0.25, 0.3) is 0 Å². The van der Waals surface area contributed by atoms with Crippen molar-refractivity contribution in [1.29, 1.82) is 0 Å². The molecule has 0 aromatic heterocycles. The van der Waals surface area contributed by atoms with Gasteiger partial charge in [-0.2, -0.15) is 0 Å². The van der Waals surface area contributed by atoms with E-state index in [0.29, 0.717) is 19.6 Å². The summed E-state index contributed by atoms with van der Waals surface area (Å²) in [6, 6.07) is 0. The fraction of sp³-hybridized carbons (Fsp3) is 0.889. The maximum Gasteiger partial charge on any atom is 0.307 e. The van der Waals surface area contributed by atoms with E-state index >= 15 is 0 Å². The van der Waals surface area contributed by atoms with Gasteiger partial charge in [-0.05, 0) is 27.7 Å². The number of nitrogens with one attached hydrogen (secondary N) is 1. The minimum Gasteiger partial charge on any atom is -0.466 e. The number of ether oxygens (including phenoxy) is 1. The highest BCUT2D eigenvalue weighted by Crippen LogP contribution is 1.98. The number of rotatable bonds is 4. The fourth-order valence-corrected chi connectivity index (χ4v) is 0.773. The van der Waals surface area contributed by atoms with Crippen LogP contribution in [0, 0.1) is 0 Å². The van der Waals surface area contributed by atoms with Crippen LogP contribution in [0.5, 0.6) is 0 Å². The molecule has 0 heterocycles. The molecule has 0 saturated heterocycles. The molecule has 0 aliphatic rings. The lowest BCUT2D eigenvalue weighted by atomic mass is 10.1. The molecule has 0 saturated carbocycles. The average molecular weight is 173 g/mol. The number of carbonyl (C=O) groups is 1. The first kappa shape index (κ1) is 11.4. The summed E-state index contributed by atoms with van der Waals surface area (Å²) in [7, 11) is 0. The van der Waals surface area contributed by atoms with Crippen molar-refractivity contribution in [3.63, 3.8) is 0 Å². The highest BCUT2D eigenvalue weighted by atomic mass is 16.5. The van der Waals surface area contributed by atoms with Crippen LogP contribution < -0.4 is 5.32 Å². The molecule has 0 aliphatic carbocycles. The van der Waals surface area contributed by atoms with Crippen molar-refractivity contribution in [1.82, 2.24) is 5.32 Å². The minimum atomic E-state index is -0.130. The first-order valence-electron chi connectivity index (χ1n) is 4.36. The van der Waals surface area contributed by atoms with E-state index in [1.807, 2.05) is 6.92 Å². The number of carbonyl (C=O) groups excluding carboxylic acids is 1. The van der Waals surface area contributed by atoms with Crippen LogP contribution in [0.4, 0.5) is 0 Å². The Morgan fingerprint density at radius 1 is 1.42 bits per heavy atom. The number of hydrogen-bond acceptors (Lipinski definition) is 3. The van der Waals surface area contributed by atoms with E-state index in [1.54, 1.807) is 0 Å². The van der Waals surface area contributed by atoms with Crippen molar-refractivity contribution in [3.05, 3.63) is 0 Å². The largest absolute Gasteiger partial charge is 0.466 e. The third-order valence-corrected chi connectivity index (χ3v) is 1.29. The Hall–Kier alpha value is -0.570. The zero-order chi connectivity index (χ0) is 9.61. The molecule has 0 fully saturated rings. The Bertz CT molecular complexity index is 138. The Morgan fingerprint density at radius 2 is 2.00 bits per heavy atom. The summed E-state index contributed by atoms with van der Waals surface area (Å²) < 4.78 is 4.78. The van der Waals surface area contributed by atoms with Crippen LogP contribution in [0.3, 0.4) is 0 Å². The molecule has 0 atom stereocenters. The summed E-state index contributed by atoms with van der Waals surface area (Å²) in [6.45, 7) is 9.17. The molecule has 3 nitrogen and oxygen atoms in total. The third kappa shape index (κ3) is 7.54. The van der Waals surface area contributed by atoms with Crippen LogP contribution in [-0.2, 0) is 9.53 Å². The summed E-state index contributed by atoms with van der Waals surface area (Å²) in [5.74, 6) is -0.130. The second kappa shape index (κ2) is 5.14. The molecule has 0 bridgehead atoms. The summed E-state index contributed by atoms with van der Waals surface area (Å²) in [6.07, 6.45) is 0.450. The van der Waals surface area contributed by atoms with Gasteiger partial charge < -0.3 is 10.1 Å². The Balaban J connectivity index is 3.37. The summed E-state index contributed by atoms with van der Waals surface area (Å²) in [5.41, 5.74) is 0.0759. The normalized spacial score (nSPS) is 11.3. The molecule has 0 rings (SSSR count). The Kier molecular flexibility index (Phi) is 4.90. The first-order chi connectivity index (χ1) is 5.45. The lowest BCUT2D eigenvalue weighted by Gasteiger charge is -2.19. The molecule has 0 spiro atoms. The van der Waals surface area contributed by atoms with Gasteiger partial charge in [0.1, 0.15) is 0 Å². The lowest BCUT2D eigenvalue weighted by Crippen LogP contribution is -2.37. The van der Waals surface area contributed by atoms with E-state index in [1.165, 1.54) is 0 Å². The highest BCUT2D eigenvalue weighted by Gasteiger charge is 2.09. The standard InChI is InChI=1S/C9H19NO2/c1-5-12-8(11)6-7-10-9(2,3)4/h10H,5-7H2,1-4H3. The minimum absolute atomic E-state index is 0.0759. The monoisotopic (exact) mass is 173 g/mol. The molecule has 1 N–H and O–H groups in total. The summed E-state index contributed by atoms with van der Waals surface area (Å²) >= 11 is 0. The SMILES string of the molecule is CCOC(=O)CCNC(C)(C)C. The zero-order valence-electron chi connectivity index (χ0n) is 8.44. The molecule has 0 amide bonds. The van der Waals surface area contributed by atoms with Crippen LogP contribution in [0.1, 0.15) is 34.1 Å². The predicted octanol–water partition coefficient (Wildman–Crippen LogP) is 1.33. The van der Waals surface area contributed by atoms with E-state index < -0.39 is 0 Å². The third-order valence-electron chi connectivity index (χ3n) is 1.29. The summed E-state index contributed by atoms with van der Waals surface area (Å²) in [4.78, 5) is 10.9. The fourth-order valence-electron chi connectivity index (χ4n) is 0.773. The van der Waals surface area contributed by atoms with Crippen molar-refractivity contribution < 1.29 is 9.53 Å². The van der Waals surface area contributed by atoms with E-state index in [-0.39, 0.29) is 11.5 Å². The van der Waals surface area contributed by atoms with Crippen molar-refractivity contribution in [3.8, 4) is 0 Å². The van der Waals surface area contributed by atoms with Gasteiger partial charge in [-0.3, -0.25) is 4.79 Å². The molecule has 3 heteroatoms. The molecular formula is C9H19NO2. The molecule has 72 valence electrons. The highest BCUT2D eigenvalue weighted by molar-refractivity contribution is 5.69. The van der Waals surface area contributed by atoms with Crippen molar-refractivity contribution in [2.45, 2.75) is 39.7 Å². The van der Waals surface area contributed by atoms with Crippen LogP contribution in [0.2, 0.25) is 0 Å². The maximum atomic E-state index is 10.9. The van der Waals surface area contributed by atoms with Gasteiger partial charge in [0, 0.05) is 12.1 Å². The summed E-state index contributed by atoms with van der Waals surface area (Å²) in [5, 5.41) is 3.21. The van der Waals surface area contributed by atoms with Crippen LogP contribution in [-0.4, -0.2) is 24.7 Å². The van der Waals surface area contributed by atoms with Gasteiger partial charge in [-0.1, -0.05) is 0 Å². The quantitative estimate of drug-likeness (QED) is 0.652. The van der Waals surface area contributed by atoms with E-state index in [2.05, 4.69) is 26.1 Å². The number of esters is 1. The first-order valence-corrected chi connectivity index (χ1v) is 4.36. The molecule has 0 radical (unpaired) electrons. The average Bonchev–Trinajstić information content (AvgIpc) is 1.84. The van der Waals surface area contributed by atoms with Gasteiger partial charge in [0.05, 0.1) is 13.0 Å². The maximum absolute atomic E-state index is 10.9. The van der Waals surface area contributed by atoms with E-state index in [0.717, 1.165) is 0 Å². The van der Waals surface area contributed by atoms with E-state index in [9.17, 15) is 4.79 Å². The van der Waals surface area contributed by atoms with Crippen LogP contribution in [0.15, 0.2) is 0 Å². The molecule has 0 aromatic carbocycles. The van der Waals surface area contributed by atoms with Gasteiger partial charge in [0.15, 0.2) is 0 Å². The zero-order valence-corrected chi connectivity index (χ0v) is 8.44.